The molecule has 0 saturated carbocycles. The Morgan fingerprint density at radius 3 is 1.64 bits per heavy atom. The summed E-state index contributed by atoms with van der Waals surface area (Å²) in [6.07, 6.45) is 0. The van der Waals surface area contributed by atoms with E-state index in [-0.39, 0.29) is 11.8 Å². The van der Waals surface area contributed by atoms with E-state index in [2.05, 4.69) is 24.3 Å². The van der Waals surface area contributed by atoms with Crippen LogP contribution in [0.2, 0.25) is 0 Å². The number of rotatable bonds is 4. The van der Waals surface area contributed by atoms with Crippen LogP contribution in [-0.4, -0.2) is 23.9 Å². The van der Waals surface area contributed by atoms with Gasteiger partial charge in [0.1, 0.15) is 0 Å². The summed E-state index contributed by atoms with van der Waals surface area (Å²) < 4.78 is 0. The third-order valence-corrected chi connectivity index (χ3v) is 4.98. The highest BCUT2D eigenvalue weighted by molar-refractivity contribution is 5.88. The molecule has 0 bridgehead atoms. The monoisotopic (exact) mass is 327 g/mol. The van der Waals surface area contributed by atoms with Crippen LogP contribution < -0.4 is 0 Å². The first-order valence-corrected chi connectivity index (χ1v) is 8.76. The summed E-state index contributed by atoms with van der Waals surface area (Å²) in [7, 11) is 0. The highest BCUT2D eigenvalue weighted by atomic mass is 16.2. The van der Waals surface area contributed by atoms with Crippen LogP contribution in [-0.2, 0) is 4.79 Å². The quantitative estimate of drug-likeness (QED) is 0.693. The van der Waals surface area contributed by atoms with Gasteiger partial charge in [-0.25, -0.2) is 0 Å². The van der Waals surface area contributed by atoms with Crippen LogP contribution in [0.4, 0.5) is 0 Å². The average molecular weight is 327 g/mol. The average Bonchev–Trinajstić information content (AvgIpc) is 2.63. The molecule has 1 heterocycles. The highest BCUT2D eigenvalue weighted by Crippen LogP contribution is 2.33. The summed E-state index contributed by atoms with van der Waals surface area (Å²) in [6, 6.07) is 30.6. The van der Waals surface area contributed by atoms with Gasteiger partial charge >= 0.3 is 0 Å². The Balaban J connectivity index is 1.56. The van der Waals surface area contributed by atoms with E-state index in [0.29, 0.717) is 5.92 Å². The summed E-state index contributed by atoms with van der Waals surface area (Å²) >= 11 is 0. The lowest BCUT2D eigenvalue weighted by Gasteiger charge is -2.41. The molecule has 0 radical (unpaired) electrons. The number of likely N-dealkylation sites (tertiary alicyclic amines) is 1. The van der Waals surface area contributed by atoms with Gasteiger partial charge < -0.3 is 4.90 Å². The van der Waals surface area contributed by atoms with Crippen LogP contribution in [0.5, 0.6) is 0 Å². The van der Waals surface area contributed by atoms with Gasteiger partial charge in [-0.1, -0.05) is 91.0 Å². The molecule has 0 spiro atoms. The Hall–Kier alpha value is -2.87. The van der Waals surface area contributed by atoms with Crippen molar-refractivity contribution in [2.75, 3.05) is 13.1 Å². The van der Waals surface area contributed by atoms with Gasteiger partial charge in [0.25, 0.3) is 0 Å². The molecule has 0 atom stereocenters. The van der Waals surface area contributed by atoms with Gasteiger partial charge in [0.05, 0.1) is 5.92 Å². The molecular formula is C23H21NO. The Morgan fingerprint density at radius 1 is 0.720 bits per heavy atom. The maximum Gasteiger partial charge on any atom is 0.234 e. The first-order valence-electron chi connectivity index (χ1n) is 8.76. The second-order valence-electron chi connectivity index (χ2n) is 6.61. The molecule has 0 N–H and O–H groups in total. The van der Waals surface area contributed by atoms with Gasteiger partial charge in [-0.2, -0.15) is 0 Å². The molecular weight excluding hydrogens is 306 g/mol. The first-order chi connectivity index (χ1) is 12.3. The molecule has 3 aromatic carbocycles. The van der Waals surface area contributed by atoms with Crippen LogP contribution in [0.3, 0.4) is 0 Å². The molecule has 1 aliphatic rings. The van der Waals surface area contributed by atoms with Crippen LogP contribution >= 0.6 is 0 Å². The van der Waals surface area contributed by atoms with Gasteiger partial charge in [0.15, 0.2) is 0 Å². The van der Waals surface area contributed by atoms with E-state index >= 15 is 0 Å². The third-order valence-electron chi connectivity index (χ3n) is 4.98. The normalized spacial score (nSPS) is 14.4. The predicted molar refractivity (Wildman–Crippen MR) is 100 cm³/mol. The topological polar surface area (TPSA) is 20.3 Å². The lowest BCUT2D eigenvalue weighted by atomic mass is 9.86. The standard InChI is InChI=1S/C23H21NO/c25-23(24-16-21(17-24)18-10-4-1-5-11-18)22(19-12-6-2-7-13-19)20-14-8-3-9-15-20/h1-15,21-22H,16-17H2. The Morgan fingerprint density at radius 2 is 1.16 bits per heavy atom. The zero-order chi connectivity index (χ0) is 17.1. The number of carbonyl (C=O) groups is 1. The molecule has 1 aliphatic heterocycles. The predicted octanol–water partition coefficient (Wildman–Crippen LogP) is 4.44. The maximum atomic E-state index is 13.2. The first kappa shape index (κ1) is 15.6. The van der Waals surface area contributed by atoms with Crippen molar-refractivity contribution in [2.24, 2.45) is 0 Å². The second-order valence-corrected chi connectivity index (χ2v) is 6.61. The third kappa shape index (κ3) is 3.20. The van der Waals surface area contributed by atoms with E-state index in [1.165, 1.54) is 5.56 Å². The minimum Gasteiger partial charge on any atom is -0.341 e. The lowest BCUT2D eigenvalue weighted by molar-refractivity contribution is -0.136. The Bertz CT molecular complexity index is 784. The number of hydrogen-bond donors (Lipinski definition) is 0. The van der Waals surface area contributed by atoms with E-state index in [0.717, 1.165) is 24.2 Å². The van der Waals surface area contributed by atoms with Gasteiger partial charge in [0, 0.05) is 19.0 Å². The molecule has 1 amide bonds. The van der Waals surface area contributed by atoms with Gasteiger partial charge in [0.2, 0.25) is 5.91 Å². The van der Waals surface area contributed by atoms with E-state index in [9.17, 15) is 4.79 Å². The maximum absolute atomic E-state index is 13.2. The summed E-state index contributed by atoms with van der Waals surface area (Å²) in [6.45, 7) is 1.61. The van der Waals surface area contributed by atoms with Crippen LogP contribution in [0, 0.1) is 0 Å². The zero-order valence-corrected chi connectivity index (χ0v) is 14.1. The summed E-state index contributed by atoms with van der Waals surface area (Å²) in [5, 5.41) is 0. The van der Waals surface area contributed by atoms with Crippen LogP contribution in [0.15, 0.2) is 91.0 Å². The van der Waals surface area contributed by atoms with Gasteiger partial charge in [-0.3, -0.25) is 4.79 Å². The van der Waals surface area contributed by atoms with Crippen molar-refractivity contribution < 1.29 is 4.79 Å². The molecule has 25 heavy (non-hydrogen) atoms. The molecule has 0 unspecified atom stereocenters. The largest absolute Gasteiger partial charge is 0.341 e. The van der Waals surface area contributed by atoms with Crippen molar-refractivity contribution >= 4 is 5.91 Å². The van der Waals surface area contributed by atoms with Crippen molar-refractivity contribution in [3.63, 3.8) is 0 Å². The van der Waals surface area contributed by atoms with Crippen LogP contribution in [0.1, 0.15) is 28.5 Å². The minimum absolute atomic E-state index is 0.199. The van der Waals surface area contributed by atoms with Crippen LogP contribution in [0.25, 0.3) is 0 Å². The van der Waals surface area contributed by atoms with Gasteiger partial charge in [-0.15, -0.1) is 0 Å². The number of benzene rings is 3. The van der Waals surface area contributed by atoms with E-state index in [4.69, 9.17) is 0 Å². The van der Waals surface area contributed by atoms with Crippen molar-refractivity contribution in [3.8, 4) is 0 Å². The molecule has 4 rings (SSSR count). The molecule has 2 heteroatoms. The number of nitrogens with zero attached hydrogens (tertiary/aromatic N) is 1. The van der Waals surface area contributed by atoms with Crippen molar-refractivity contribution in [3.05, 3.63) is 108 Å². The fourth-order valence-corrected chi connectivity index (χ4v) is 3.55. The van der Waals surface area contributed by atoms with E-state index in [1.54, 1.807) is 0 Å². The second kappa shape index (κ2) is 6.94. The Labute approximate surface area is 148 Å². The Kier molecular flexibility index (Phi) is 4.34. The molecule has 3 aromatic rings. The number of hydrogen-bond acceptors (Lipinski definition) is 1. The van der Waals surface area contributed by atoms with Gasteiger partial charge in [-0.05, 0) is 16.7 Å². The molecule has 124 valence electrons. The lowest BCUT2D eigenvalue weighted by Crippen LogP contribution is -2.50. The SMILES string of the molecule is O=C(C(c1ccccc1)c1ccccc1)N1CC(c2ccccc2)C1. The van der Waals surface area contributed by atoms with E-state index in [1.807, 2.05) is 71.6 Å². The summed E-state index contributed by atoms with van der Waals surface area (Å²) in [4.78, 5) is 15.2. The molecule has 1 fully saturated rings. The van der Waals surface area contributed by atoms with E-state index < -0.39 is 0 Å². The smallest absolute Gasteiger partial charge is 0.234 e. The minimum atomic E-state index is -0.223. The molecule has 0 aromatic heterocycles. The summed E-state index contributed by atoms with van der Waals surface area (Å²) in [5.74, 6) is 0.432. The van der Waals surface area contributed by atoms with Crippen molar-refractivity contribution in [2.45, 2.75) is 11.8 Å². The fourth-order valence-electron chi connectivity index (χ4n) is 3.55. The number of amides is 1. The van der Waals surface area contributed by atoms with Crippen molar-refractivity contribution in [1.29, 1.82) is 0 Å². The highest BCUT2D eigenvalue weighted by Gasteiger charge is 2.36. The zero-order valence-electron chi connectivity index (χ0n) is 14.1. The molecule has 2 nitrogen and oxygen atoms in total. The number of carbonyl (C=O) groups excluding carboxylic acids is 1. The fraction of sp³-hybridized carbons (Fsp3) is 0.174. The summed E-state index contributed by atoms with van der Waals surface area (Å²) in [5.41, 5.74) is 3.44. The molecule has 0 aliphatic carbocycles. The molecule has 1 saturated heterocycles. The van der Waals surface area contributed by atoms with Crippen molar-refractivity contribution in [1.82, 2.24) is 4.90 Å².